The summed E-state index contributed by atoms with van der Waals surface area (Å²) in [6, 6.07) is 0. The smallest absolute Gasteiger partial charge is 0.108 e. The second kappa shape index (κ2) is 4.70. The minimum absolute atomic E-state index is 0.235. The van der Waals surface area contributed by atoms with Gasteiger partial charge in [-0.25, -0.2) is 0 Å². The van der Waals surface area contributed by atoms with Crippen molar-refractivity contribution in [3.8, 4) is 0 Å². The minimum Gasteiger partial charge on any atom is -0.188 e. The first-order chi connectivity index (χ1) is 5.06. The van der Waals surface area contributed by atoms with Gasteiger partial charge in [0.2, 0.25) is 0 Å². The van der Waals surface area contributed by atoms with Crippen LogP contribution in [0.4, 0.5) is 4.53 Å². The van der Waals surface area contributed by atoms with Gasteiger partial charge < -0.3 is 0 Å². The van der Waals surface area contributed by atoms with Gasteiger partial charge in [-0.15, -0.1) is 0 Å². The third-order valence-electron chi connectivity index (χ3n) is 2.42. The maximum atomic E-state index is 12.1. The summed E-state index contributed by atoms with van der Waals surface area (Å²) in [6.45, 7) is 7.89. The van der Waals surface area contributed by atoms with Crippen LogP contribution >= 0.6 is 0 Å². The molecule has 0 aromatic rings. The van der Waals surface area contributed by atoms with Gasteiger partial charge in [-0.05, 0) is 23.8 Å². The van der Waals surface area contributed by atoms with E-state index in [-0.39, 0.29) is 5.92 Å². The van der Waals surface area contributed by atoms with Gasteiger partial charge in [0.1, 0.15) is 5.60 Å². The van der Waals surface area contributed by atoms with Crippen LogP contribution in [0, 0.1) is 5.92 Å². The molecular weight excluding hydrogens is 143 g/mol. The van der Waals surface area contributed by atoms with Crippen LogP contribution in [0.1, 0.15) is 47.0 Å². The third-order valence-corrected chi connectivity index (χ3v) is 2.42. The summed E-state index contributed by atoms with van der Waals surface area (Å²) in [5.41, 5.74) is -0.573. The molecule has 0 N–H and O–H groups in total. The molecule has 1 nitrogen and oxygen atoms in total. The normalized spacial score (nSPS) is 16.9. The average Bonchev–Trinajstić information content (AvgIpc) is 2.00. The van der Waals surface area contributed by atoms with E-state index in [9.17, 15) is 4.53 Å². The van der Waals surface area contributed by atoms with Gasteiger partial charge in [-0.3, -0.25) is 0 Å². The van der Waals surface area contributed by atoms with Crippen molar-refractivity contribution in [2.24, 2.45) is 5.92 Å². The highest BCUT2D eigenvalue weighted by Gasteiger charge is 2.29. The maximum Gasteiger partial charge on any atom is 0.108 e. The van der Waals surface area contributed by atoms with Crippen molar-refractivity contribution < 1.29 is 9.47 Å². The van der Waals surface area contributed by atoms with Crippen LogP contribution in [0.2, 0.25) is 0 Å². The van der Waals surface area contributed by atoms with Crippen LogP contribution in [0.3, 0.4) is 0 Å². The van der Waals surface area contributed by atoms with Crippen LogP contribution in [-0.4, -0.2) is 5.60 Å². The molecule has 0 aromatic carbocycles. The molecule has 1 unspecified atom stereocenters. The Hall–Kier alpha value is -0.110. The minimum atomic E-state index is -0.573. The average molecular weight is 162 g/mol. The number of rotatable bonds is 5. The molecule has 0 aliphatic carbocycles. The zero-order valence-corrected chi connectivity index (χ0v) is 7.98. The molecule has 0 aromatic heterocycles. The van der Waals surface area contributed by atoms with Gasteiger partial charge in [-0.2, -0.15) is 4.94 Å². The summed E-state index contributed by atoms with van der Waals surface area (Å²) in [5, 5.41) is 0. The highest BCUT2D eigenvalue weighted by Crippen LogP contribution is 2.27. The summed E-state index contributed by atoms with van der Waals surface area (Å²) in [5.74, 6) is 0.235. The summed E-state index contributed by atoms with van der Waals surface area (Å²) in [7, 11) is 0. The monoisotopic (exact) mass is 162 g/mol. The lowest BCUT2D eigenvalue weighted by Gasteiger charge is -2.28. The molecular formula is C9H19FO. The molecule has 0 saturated heterocycles. The molecule has 1 atom stereocenters. The number of hydrogen-bond donors (Lipinski definition) is 0. The standard InChI is InChI=1S/C9H19FO/c1-5-6-7-9(4,11-10)8(2)3/h8H,5-7H2,1-4H3. The largest absolute Gasteiger partial charge is 0.188 e. The lowest BCUT2D eigenvalue weighted by atomic mass is 9.87. The molecule has 0 fully saturated rings. The maximum absolute atomic E-state index is 12.1. The van der Waals surface area contributed by atoms with Gasteiger partial charge in [0.15, 0.2) is 0 Å². The van der Waals surface area contributed by atoms with Crippen molar-refractivity contribution in [3.63, 3.8) is 0 Å². The summed E-state index contributed by atoms with van der Waals surface area (Å²) < 4.78 is 12.1. The van der Waals surface area contributed by atoms with Gasteiger partial charge in [-0.1, -0.05) is 33.6 Å². The van der Waals surface area contributed by atoms with E-state index < -0.39 is 5.60 Å². The van der Waals surface area contributed by atoms with E-state index in [0.29, 0.717) is 0 Å². The van der Waals surface area contributed by atoms with Crippen molar-refractivity contribution in [3.05, 3.63) is 0 Å². The summed E-state index contributed by atoms with van der Waals surface area (Å²) in [4.78, 5) is 4.00. The first-order valence-corrected chi connectivity index (χ1v) is 4.36. The molecule has 0 aliphatic rings. The van der Waals surface area contributed by atoms with E-state index in [0.717, 1.165) is 19.3 Å². The third kappa shape index (κ3) is 3.19. The zero-order valence-electron chi connectivity index (χ0n) is 7.98. The van der Waals surface area contributed by atoms with Crippen LogP contribution in [0.15, 0.2) is 0 Å². The van der Waals surface area contributed by atoms with Crippen molar-refractivity contribution in [2.45, 2.75) is 52.6 Å². The van der Waals surface area contributed by atoms with Gasteiger partial charge >= 0.3 is 0 Å². The predicted molar refractivity (Wildman–Crippen MR) is 45.0 cm³/mol. The number of halogens is 1. The highest BCUT2D eigenvalue weighted by molar-refractivity contribution is 4.76. The van der Waals surface area contributed by atoms with Gasteiger partial charge in [0, 0.05) is 0 Å². The Morgan fingerprint density at radius 3 is 2.27 bits per heavy atom. The van der Waals surface area contributed by atoms with Crippen molar-refractivity contribution in [1.82, 2.24) is 0 Å². The topological polar surface area (TPSA) is 9.23 Å². The van der Waals surface area contributed by atoms with E-state index >= 15 is 0 Å². The predicted octanol–water partition coefficient (Wildman–Crippen LogP) is 3.49. The Morgan fingerprint density at radius 1 is 1.45 bits per heavy atom. The van der Waals surface area contributed by atoms with Crippen molar-refractivity contribution in [1.29, 1.82) is 0 Å². The second-order valence-corrected chi connectivity index (χ2v) is 3.65. The molecule has 0 saturated carbocycles. The molecule has 0 rings (SSSR count). The Labute approximate surface area is 68.8 Å². The van der Waals surface area contributed by atoms with Crippen molar-refractivity contribution in [2.75, 3.05) is 0 Å². The molecule has 0 heterocycles. The molecule has 0 bridgehead atoms. The zero-order chi connectivity index (χ0) is 8.91. The number of hydrogen-bond acceptors (Lipinski definition) is 1. The molecule has 0 aliphatic heterocycles. The summed E-state index contributed by atoms with van der Waals surface area (Å²) >= 11 is 0. The first kappa shape index (κ1) is 10.9. The fourth-order valence-corrected chi connectivity index (χ4v) is 0.944. The van der Waals surface area contributed by atoms with Crippen LogP contribution in [0.5, 0.6) is 0 Å². The molecule has 2 heteroatoms. The molecule has 0 spiro atoms. The van der Waals surface area contributed by atoms with Crippen LogP contribution in [0.25, 0.3) is 0 Å². The Balaban J connectivity index is 3.88. The Bertz CT molecular complexity index is 104. The van der Waals surface area contributed by atoms with Gasteiger partial charge in [0.25, 0.3) is 0 Å². The lowest BCUT2D eigenvalue weighted by Crippen LogP contribution is -2.32. The first-order valence-electron chi connectivity index (χ1n) is 4.36. The van der Waals surface area contributed by atoms with Gasteiger partial charge in [0.05, 0.1) is 0 Å². The van der Waals surface area contributed by atoms with E-state index in [4.69, 9.17) is 0 Å². The second-order valence-electron chi connectivity index (χ2n) is 3.65. The lowest BCUT2D eigenvalue weighted by molar-refractivity contribution is -0.248. The fourth-order valence-electron chi connectivity index (χ4n) is 0.944. The van der Waals surface area contributed by atoms with E-state index in [1.165, 1.54) is 0 Å². The van der Waals surface area contributed by atoms with Crippen LogP contribution in [-0.2, 0) is 4.94 Å². The Kier molecular flexibility index (Phi) is 4.66. The van der Waals surface area contributed by atoms with E-state index in [1.807, 2.05) is 20.8 Å². The molecule has 68 valence electrons. The van der Waals surface area contributed by atoms with Crippen molar-refractivity contribution >= 4 is 0 Å². The quantitative estimate of drug-likeness (QED) is 0.601. The van der Waals surface area contributed by atoms with Crippen LogP contribution < -0.4 is 0 Å². The Morgan fingerprint density at radius 2 is 2.00 bits per heavy atom. The SMILES string of the molecule is CCCCC(C)(OF)C(C)C. The fraction of sp³-hybridized carbons (Fsp3) is 1.00. The molecule has 11 heavy (non-hydrogen) atoms. The molecule has 0 radical (unpaired) electrons. The highest BCUT2D eigenvalue weighted by atomic mass is 19.3. The number of unbranched alkanes of at least 4 members (excludes halogenated alkanes) is 1. The van der Waals surface area contributed by atoms with E-state index in [2.05, 4.69) is 11.9 Å². The summed E-state index contributed by atoms with van der Waals surface area (Å²) in [6.07, 6.45) is 2.92. The molecule has 0 amide bonds. The van der Waals surface area contributed by atoms with E-state index in [1.54, 1.807) is 0 Å².